The Kier molecular flexibility index (Phi) is 7.94. The summed E-state index contributed by atoms with van der Waals surface area (Å²) in [6, 6.07) is 18.4. The molecule has 6 heteroatoms. The van der Waals surface area contributed by atoms with Crippen LogP contribution >= 0.6 is 12.2 Å². The number of nitrogens with two attached hydrogens (primary N) is 1. The molecule has 0 bridgehead atoms. The summed E-state index contributed by atoms with van der Waals surface area (Å²) in [6.07, 6.45) is 3.47. The predicted molar refractivity (Wildman–Crippen MR) is 121 cm³/mol. The largest absolute Gasteiger partial charge is 0.494 e. The number of thiocarbonyl (C=S) groups is 1. The van der Waals surface area contributed by atoms with Crippen LogP contribution in [0.25, 0.3) is 0 Å². The van der Waals surface area contributed by atoms with Gasteiger partial charge >= 0.3 is 0 Å². The van der Waals surface area contributed by atoms with Crippen molar-refractivity contribution in [3.8, 4) is 5.75 Å². The molecule has 0 aromatic heterocycles. The van der Waals surface area contributed by atoms with Gasteiger partial charge in [0, 0.05) is 43.6 Å². The first-order valence-electron chi connectivity index (χ1n) is 10.0. The Balaban J connectivity index is 1.26. The second-order valence-electron chi connectivity index (χ2n) is 7.09. The van der Waals surface area contributed by atoms with Crippen LogP contribution in [0.3, 0.4) is 0 Å². The van der Waals surface area contributed by atoms with Gasteiger partial charge in [0.15, 0.2) is 5.11 Å². The molecule has 28 heavy (non-hydrogen) atoms. The van der Waals surface area contributed by atoms with Gasteiger partial charge in [0.1, 0.15) is 5.75 Å². The zero-order chi connectivity index (χ0) is 19.6. The molecule has 0 aliphatic carbocycles. The second-order valence-corrected chi connectivity index (χ2v) is 7.53. The third kappa shape index (κ3) is 6.69. The molecule has 0 amide bonds. The van der Waals surface area contributed by atoms with E-state index in [4.69, 9.17) is 22.7 Å². The molecule has 1 aliphatic rings. The molecule has 1 fully saturated rings. The number of anilines is 2. The number of hydrogen-bond donors (Lipinski definition) is 2. The molecule has 0 radical (unpaired) electrons. The zero-order valence-electron chi connectivity index (χ0n) is 16.3. The van der Waals surface area contributed by atoms with Crippen molar-refractivity contribution in [2.24, 2.45) is 5.73 Å². The van der Waals surface area contributed by atoms with E-state index in [1.807, 2.05) is 24.3 Å². The lowest BCUT2D eigenvalue weighted by Gasteiger charge is -2.36. The Morgan fingerprint density at radius 1 is 0.964 bits per heavy atom. The number of para-hydroxylation sites is 1. The molecular weight excluding hydrogens is 368 g/mol. The molecule has 3 N–H and O–H groups in total. The van der Waals surface area contributed by atoms with E-state index in [1.165, 1.54) is 25.1 Å². The lowest BCUT2D eigenvalue weighted by molar-refractivity contribution is 0.246. The minimum atomic E-state index is 0.266. The first-order chi connectivity index (χ1) is 13.7. The van der Waals surface area contributed by atoms with Gasteiger partial charge < -0.3 is 20.7 Å². The fourth-order valence-electron chi connectivity index (χ4n) is 3.48. The van der Waals surface area contributed by atoms with Gasteiger partial charge in [-0.15, -0.1) is 0 Å². The summed E-state index contributed by atoms with van der Waals surface area (Å²) in [5, 5.41) is 3.19. The van der Waals surface area contributed by atoms with Crippen LogP contribution in [0, 0.1) is 0 Å². The maximum Gasteiger partial charge on any atom is 0.168 e. The van der Waals surface area contributed by atoms with Crippen LogP contribution in [0.2, 0.25) is 0 Å². The molecule has 3 rings (SSSR count). The highest BCUT2D eigenvalue weighted by molar-refractivity contribution is 7.80. The minimum Gasteiger partial charge on any atom is -0.494 e. The highest BCUT2D eigenvalue weighted by Crippen LogP contribution is 2.18. The van der Waals surface area contributed by atoms with Crippen molar-refractivity contribution >= 4 is 28.7 Å². The smallest absolute Gasteiger partial charge is 0.168 e. The normalized spacial score (nSPS) is 14.6. The maximum atomic E-state index is 5.84. The van der Waals surface area contributed by atoms with Crippen LogP contribution in [-0.2, 0) is 0 Å². The molecule has 0 saturated carbocycles. The molecule has 1 saturated heterocycles. The van der Waals surface area contributed by atoms with Gasteiger partial charge in [-0.25, -0.2) is 0 Å². The first kappa shape index (κ1) is 20.4. The Morgan fingerprint density at radius 3 is 2.50 bits per heavy atom. The van der Waals surface area contributed by atoms with E-state index in [1.54, 1.807) is 0 Å². The third-order valence-corrected chi connectivity index (χ3v) is 5.08. The van der Waals surface area contributed by atoms with Crippen LogP contribution in [0.4, 0.5) is 11.4 Å². The molecule has 1 heterocycles. The molecule has 2 aromatic rings. The Hall–Kier alpha value is -2.31. The number of ether oxygens (including phenoxy) is 1. The zero-order valence-corrected chi connectivity index (χ0v) is 17.2. The van der Waals surface area contributed by atoms with Gasteiger partial charge in [-0.2, -0.15) is 0 Å². The van der Waals surface area contributed by atoms with E-state index in [0.717, 1.165) is 50.6 Å². The summed E-state index contributed by atoms with van der Waals surface area (Å²) in [5.74, 6) is 0.846. The fraction of sp³-hybridized carbons (Fsp3) is 0.409. The molecule has 5 nitrogen and oxygen atoms in total. The van der Waals surface area contributed by atoms with Crippen molar-refractivity contribution in [1.82, 2.24) is 4.90 Å². The molecule has 0 unspecified atom stereocenters. The molecule has 150 valence electrons. The molecule has 2 aromatic carbocycles. The lowest BCUT2D eigenvalue weighted by atomic mass is 10.2. The number of unbranched alkanes of at least 4 members (excludes halogenated alkanes) is 2. The van der Waals surface area contributed by atoms with E-state index in [-0.39, 0.29) is 5.11 Å². The van der Waals surface area contributed by atoms with Crippen molar-refractivity contribution in [3.05, 3.63) is 54.6 Å². The summed E-state index contributed by atoms with van der Waals surface area (Å²) >= 11 is 4.86. The first-order valence-corrected chi connectivity index (χ1v) is 10.4. The van der Waals surface area contributed by atoms with Crippen molar-refractivity contribution in [2.75, 3.05) is 49.5 Å². The van der Waals surface area contributed by atoms with Crippen molar-refractivity contribution < 1.29 is 4.74 Å². The Morgan fingerprint density at radius 2 is 1.75 bits per heavy atom. The fourth-order valence-corrected chi connectivity index (χ4v) is 3.60. The minimum absolute atomic E-state index is 0.266. The number of hydrogen-bond acceptors (Lipinski definition) is 4. The molecule has 0 atom stereocenters. The molecule has 1 aliphatic heterocycles. The number of piperazine rings is 1. The van der Waals surface area contributed by atoms with Gasteiger partial charge in [0.05, 0.1) is 6.61 Å². The summed E-state index contributed by atoms with van der Waals surface area (Å²) in [4.78, 5) is 5.05. The quantitative estimate of drug-likeness (QED) is 0.496. The van der Waals surface area contributed by atoms with Crippen LogP contribution in [0.15, 0.2) is 54.6 Å². The summed E-state index contributed by atoms with van der Waals surface area (Å²) in [7, 11) is 0. The molecular formula is C22H30N4OS. The number of nitrogens with one attached hydrogen (secondary N) is 1. The van der Waals surface area contributed by atoms with Crippen LogP contribution in [0.5, 0.6) is 5.75 Å². The van der Waals surface area contributed by atoms with Crippen LogP contribution in [0.1, 0.15) is 19.3 Å². The van der Waals surface area contributed by atoms with Gasteiger partial charge in [-0.3, -0.25) is 4.90 Å². The standard InChI is InChI=1S/C22H30N4OS/c23-22(28)24-19-8-7-11-21(18-19)27-17-6-2-5-12-25-13-15-26(16-14-25)20-9-3-1-4-10-20/h1,3-4,7-11,18H,2,5-6,12-17H2,(H3,23,24,28). The lowest BCUT2D eigenvalue weighted by Crippen LogP contribution is -2.46. The topological polar surface area (TPSA) is 53.8 Å². The van der Waals surface area contributed by atoms with Gasteiger partial charge in [0.2, 0.25) is 0 Å². The summed E-state index contributed by atoms with van der Waals surface area (Å²) in [6.45, 7) is 6.43. The predicted octanol–water partition coefficient (Wildman–Crippen LogP) is 3.71. The van der Waals surface area contributed by atoms with Crippen LogP contribution in [-0.4, -0.2) is 49.3 Å². The Labute approximate surface area is 173 Å². The monoisotopic (exact) mass is 398 g/mol. The second kappa shape index (κ2) is 10.9. The van der Waals surface area contributed by atoms with Gasteiger partial charge in [0.25, 0.3) is 0 Å². The third-order valence-electron chi connectivity index (χ3n) is 4.98. The van der Waals surface area contributed by atoms with Crippen molar-refractivity contribution in [3.63, 3.8) is 0 Å². The average Bonchev–Trinajstić information content (AvgIpc) is 2.71. The van der Waals surface area contributed by atoms with E-state index in [9.17, 15) is 0 Å². The Bertz CT molecular complexity index is 732. The SMILES string of the molecule is NC(=S)Nc1cccc(OCCCCCN2CCN(c3ccccc3)CC2)c1. The highest BCUT2D eigenvalue weighted by Gasteiger charge is 2.16. The van der Waals surface area contributed by atoms with Gasteiger partial charge in [-0.1, -0.05) is 24.3 Å². The summed E-state index contributed by atoms with van der Waals surface area (Å²) in [5.41, 5.74) is 7.70. The van der Waals surface area contributed by atoms with Crippen molar-refractivity contribution in [1.29, 1.82) is 0 Å². The van der Waals surface area contributed by atoms with Crippen LogP contribution < -0.4 is 20.7 Å². The van der Waals surface area contributed by atoms with E-state index < -0.39 is 0 Å². The maximum absolute atomic E-state index is 5.84. The number of nitrogens with zero attached hydrogens (tertiary/aromatic N) is 2. The van der Waals surface area contributed by atoms with E-state index in [2.05, 4.69) is 45.4 Å². The van der Waals surface area contributed by atoms with E-state index in [0.29, 0.717) is 0 Å². The average molecular weight is 399 g/mol. The summed E-state index contributed by atoms with van der Waals surface area (Å²) < 4.78 is 5.84. The van der Waals surface area contributed by atoms with E-state index >= 15 is 0 Å². The highest BCUT2D eigenvalue weighted by atomic mass is 32.1. The van der Waals surface area contributed by atoms with Crippen molar-refractivity contribution in [2.45, 2.75) is 19.3 Å². The number of benzene rings is 2. The van der Waals surface area contributed by atoms with Gasteiger partial charge in [-0.05, 0) is 62.3 Å². The molecule has 0 spiro atoms. The number of rotatable bonds is 9.